The molecule has 0 aliphatic heterocycles. The zero-order valence-corrected chi connectivity index (χ0v) is 11.9. The quantitative estimate of drug-likeness (QED) is 0.683. The van der Waals surface area contributed by atoms with Crippen LogP contribution in [0.2, 0.25) is 0 Å². The lowest BCUT2D eigenvalue weighted by atomic mass is 9.98. The molecule has 0 radical (unpaired) electrons. The first-order chi connectivity index (χ1) is 9.47. The second-order valence-electron chi connectivity index (χ2n) is 4.86. The summed E-state index contributed by atoms with van der Waals surface area (Å²) in [6, 6.07) is 3.44. The van der Waals surface area contributed by atoms with Crippen molar-refractivity contribution in [2.75, 3.05) is 7.11 Å². The van der Waals surface area contributed by atoms with E-state index >= 15 is 0 Å². The van der Waals surface area contributed by atoms with Gasteiger partial charge in [-0.2, -0.15) is 0 Å². The van der Waals surface area contributed by atoms with Crippen LogP contribution in [0, 0.1) is 0 Å². The fraction of sp³-hybridized carbons (Fsp3) is 0.312. The highest BCUT2D eigenvalue weighted by atomic mass is 16.5. The molecule has 1 aromatic heterocycles. The highest BCUT2D eigenvalue weighted by Crippen LogP contribution is 2.34. The molecule has 0 fully saturated rings. The number of phenols is 1. The number of methoxy groups -OCH3 is 1. The number of ether oxygens (including phenoxy) is 1. The summed E-state index contributed by atoms with van der Waals surface area (Å²) in [5, 5.41) is 10.9. The molecule has 1 heterocycles. The number of benzene rings is 1. The van der Waals surface area contributed by atoms with Gasteiger partial charge >= 0.3 is 5.97 Å². The van der Waals surface area contributed by atoms with E-state index in [0.717, 1.165) is 11.3 Å². The van der Waals surface area contributed by atoms with E-state index in [1.807, 2.05) is 19.9 Å². The molecule has 0 saturated heterocycles. The number of aromatic hydroxyl groups is 1. The van der Waals surface area contributed by atoms with Crippen molar-refractivity contribution in [3.8, 4) is 5.75 Å². The summed E-state index contributed by atoms with van der Waals surface area (Å²) in [7, 11) is 1.31. The highest BCUT2D eigenvalue weighted by molar-refractivity contribution is 6.04. The molecule has 4 heteroatoms. The molecule has 1 N–H and O–H groups in total. The van der Waals surface area contributed by atoms with Crippen LogP contribution in [-0.4, -0.2) is 18.2 Å². The maximum Gasteiger partial charge on any atom is 0.342 e. The SMILES string of the molecule is C=C(C)Cc1c(O)cc2cc(CC)oc2c1C(=O)OC. The zero-order valence-electron chi connectivity index (χ0n) is 11.9. The lowest BCUT2D eigenvalue weighted by Crippen LogP contribution is -2.07. The van der Waals surface area contributed by atoms with E-state index in [2.05, 4.69) is 6.58 Å². The first kappa shape index (κ1) is 14.2. The van der Waals surface area contributed by atoms with Crippen molar-refractivity contribution in [1.82, 2.24) is 0 Å². The summed E-state index contributed by atoms with van der Waals surface area (Å²) in [5.41, 5.74) is 2.08. The molecule has 0 aliphatic rings. The number of carbonyl (C=O) groups excluding carboxylic acids is 1. The first-order valence-corrected chi connectivity index (χ1v) is 6.47. The third kappa shape index (κ3) is 2.41. The summed E-state index contributed by atoms with van der Waals surface area (Å²) in [5.74, 6) is 0.306. The standard InChI is InChI=1S/C16H18O4/c1-5-11-7-10-8-13(17)12(6-9(2)3)14(15(10)20-11)16(18)19-4/h7-8,17H,2,5-6H2,1,3-4H3. The number of carbonyl (C=O) groups is 1. The molecule has 20 heavy (non-hydrogen) atoms. The topological polar surface area (TPSA) is 59.7 Å². The fourth-order valence-corrected chi connectivity index (χ4v) is 2.23. The number of allylic oxidation sites excluding steroid dienone is 1. The summed E-state index contributed by atoms with van der Waals surface area (Å²) >= 11 is 0. The Hall–Kier alpha value is -2.23. The summed E-state index contributed by atoms with van der Waals surface area (Å²) < 4.78 is 10.5. The van der Waals surface area contributed by atoms with Crippen LogP contribution < -0.4 is 0 Å². The Labute approximate surface area is 117 Å². The van der Waals surface area contributed by atoms with Crippen LogP contribution in [-0.2, 0) is 17.6 Å². The van der Waals surface area contributed by atoms with Gasteiger partial charge in [0.15, 0.2) is 0 Å². The minimum absolute atomic E-state index is 0.0596. The van der Waals surface area contributed by atoms with Gasteiger partial charge in [-0.25, -0.2) is 4.79 Å². The van der Waals surface area contributed by atoms with Gasteiger partial charge in [-0.1, -0.05) is 19.1 Å². The number of furan rings is 1. The molecule has 0 bridgehead atoms. The molecule has 4 nitrogen and oxygen atoms in total. The van der Waals surface area contributed by atoms with Crippen LogP contribution in [0.5, 0.6) is 5.75 Å². The average molecular weight is 274 g/mol. The van der Waals surface area contributed by atoms with Crippen molar-refractivity contribution in [1.29, 1.82) is 0 Å². The Morgan fingerprint density at radius 2 is 2.15 bits per heavy atom. The van der Waals surface area contributed by atoms with Gasteiger partial charge in [-0.15, -0.1) is 0 Å². The maximum absolute atomic E-state index is 12.1. The summed E-state index contributed by atoms with van der Waals surface area (Å²) in [6.07, 6.45) is 1.11. The van der Waals surface area contributed by atoms with Gasteiger partial charge in [-0.3, -0.25) is 0 Å². The van der Waals surface area contributed by atoms with E-state index in [0.29, 0.717) is 29.4 Å². The Kier molecular flexibility index (Phi) is 3.84. The molecule has 0 amide bonds. The third-order valence-corrected chi connectivity index (χ3v) is 3.16. The molecule has 0 saturated carbocycles. The first-order valence-electron chi connectivity index (χ1n) is 6.47. The second-order valence-corrected chi connectivity index (χ2v) is 4.86. The molecule has 0 atom stereocenters. The predicted molar refractivity (Wildman–Crippen MR) is 77.1 cm³/mol. The molecular weight excluding hydrogens is 256 g/mol. The van der Waals surface area contributed by atoms with Crippen LogP contribution in [0.4, 0.5) is 0 Å². The molecule has 0 aliphatic carbocycles. The van der Waals surface area contributed by atoms with Crippen molar-refractivity contribution >= 4 is 16.9 Å². The van der Waals surface area contributed by atoms with E-state index in [4.69, 9.17) is 9.15 Å². The molecule has 2 aromatic rings. The van der Waals surface area contributed by atoms with Gasteiger partial charge < -0.3 is 14.3 Å². The van der Waals surface area contributed by atoms with Crippen LogP contribution in [0.3, 0.4) is 0 Å². The van der Waals surface area contributed by atoms with Crippen LogP contribution in [0.15, 0.2) is 28.7 Å². The van der Waals surface area contributed by atoms with Gasteiger partial charge in [0.1, 0.15) is 22.7 Å². The highest BCUT2D eigenvalue weighted by Gasteiger charge is 2.23. The Bertz CT molecular complexity index is 679. The normalized spacial score (nSPS) is 10.8. The van der Waals surface area contributed by atoms with Crippen molar-refractivity contribution < 1.29 is 19.1 Å². The van der Waals surface area contributed by atoms with Crippen LogP contribution in [0.25, 0.3) is 11.0 Å². The van der Waals surface area contributed by atoms with Gasteiger partial charge in [0.25, 0.3) is 0 Å². The van der Waals surface area contributed by atoms with Gasteiger partial charge in [-0.05, 0) is 25.5 Å². The monoisotopic (exact) mass is 274 g/mol. The number of fused-ring (bicyclic) bond motifs is 1. The van der Waals surface area contributed by atoms with Crippen molar-refractivity contribution in [2.24, 2.45) is 0 Å². The Morgan fingerprint density at radius 1 is 1.45 bits per heavy atom. The van der Waals surface area contributed by atoms with Gasteiger partial charge in [0.05, 0.1) is 7.11 Å². The van der Waals surface area contributed by atoms with Crippen LogP contribution in [0.1, 0.15) is 35.5 Å². The molecule has 0 unspecified atom stereocenters. The Morgan fingerprint density at radius 3 is 2.70 bits per heavy atom. The van der Waals surface area contributed by atoms with Crippen molar-refractivity contribution in [3.05, 3.63) is 41.2 Å². The molecule has 106 valence electrons. The average Bonchev–Trinajstić information content (AvgIpc) is 2.80. The lowest BCUT2D eigenvalue weighted by Gasteiger charge is -2.10. The van der Waals surface area contributed by atoms with Crippen LogP contribution >= 0.6 is 0 Å². The second kappa shape index (κ2) is 5.41. The zero-order chi connectivity index (χ0) is 14.9. The molecule has 1 aromatic carbocycles. The van der Waals surface area contributed by atoms with E-state index in [1.54, 1.807) is 6.07 Å². The van der Waals surface area contributed by atoms with E-state index < -0.39 is 5.97 Å². The smallest absolute Gasteiger partial charge is 0.342 e. The van der Waals surface area contributed by atoms with E-state index in [-0.39, 0.29) is 11.3 Å². The third-order valence-electron chi connectivity index (χ3n) is 3.16. The van der Waals surface area contributed by atoms with E-state index in [9.17, 15) is 9.90 Å². The number of rotatable bonds is 4. The predicted octanol–water partition coefficient (Wildman–Crippen LogP) is 3.61. The summed E-state index contributed by atoms with van der Waals surface area (Å²) in [4.78, 5) is 12.1. The number of hydrogen-bond acceptors (Lipinski definition) is 4. The van der Waals surface area contributed by atoms with Crippen molar-refractivity contribution in [3.63, 3.8) is 0 Å². The molecular formula is C16H18O4. The summed E-state index contributed by atoms with van der Waals surface area (Å²) in [6.45, 7) is 7.63. The minimum atomic E-state index is -0.515. The fourth-order valence-electron chi connectivity index (χ4n) is 2.23. The van der Waals surface area contributed by atoms with Gasteiger partial charge in [0, 0.05) is 17.4 Å². The lowest BCUT2D eigenvalue weighted by molar-refractivity contribution is 0.0600. The number of phenolic OH excluding ortho intramolecular Hbond substituents is 1. The molecule has 0 spiro atoms. The largest absolute Gasteiger partial charge is 0.508 e. The minimum Gasteiger partial charge on any atom is -0.508 e. The number of hydrogen-bond donors (Lipinski definition) is 1. The van der Waals surface area contributed by atoms with Gasteiger partial charge in [0.2, 0.25) is 0 Å². The van der Waals surface area contributed by atoms with E-state index in [1.165, 1.54) is 7.11 Å². The Balaban J connectivity index is 2.78. The van der Waals surface area contributed by atoms with Crippen molar-refractivity contribution in [2.45, 2.75) is 26.7 Å². The molecule has 2 rings (SSSR count). The maximum atomic E-state index is 12.1. The number of esters is 1. The number of aryl methyl sites for hydroxylation is 1.